The zero-order valence-electron chi connectivity index (χ0n) is 7.20. The van der Waals surface area contributed by atoms with E-state index in [0.717, 1.165) is 10.0 Å². The lowest BCUT2D eigenvalue weighted by molar-refractivity contribution is 0.596. The largest absolute Gasteiger partial charge is 0.263 e. The lowest BCUT2D eigenvalue weighted by Crippen LogP contribution is -2.06. The quantitative estimate of drug-likeness (QED) is 0.836. The Morgan fingerprint density at radius 2 is 2.15 bits per heavy atom. The molecule has 0 spiro atoms. The van der Waals surface area contributed by atoms with Crippen molar-refractivity contribution in [2.45, 2.75) is 12.7 Å². The summed E-state index contributed by atoms with van der Waals surface area (Å²) in [4.78, 5) is 3.89. The van der Waals surface area contributed by atoms with Crippen LogP contribution in [0.25, 0.3) is 0 Å². The third-order valence-electron chi connectivity index (χ3n) is 1.59. The summed E-state index contributed by atoms with van der Waals surface area (Å²) in [6.45, 7) is 1.64. The zero-order valence-corrected chi connectivity index (χ0v) is 9.60. The maximum Gasteiger partial charge on any atom is 0.154 e. The molecule has 0 unspecified atom stereocenters. The highest BCUT2D eigenvalue weighted by Crippen LogP contribution is 2.12. The van der Waals surface area contributed by atoms with Crippen LogP contribution in [-0.2, 0) is 15.6 Å². The first-order valence-corrected chi connectivity index (χ1v) is 6.45. The molecule has 0 aliphatic carbocycles. The van der Waals surface area contributed by atoms with Crippen molar-refractivity contribution >= 4 is 25.8 Å². The van der Waals surface area contributed by atoms with Crippen LogP contribution in [0.15, 0.2) is 22.9 Å². The number of rotatable bonds is 3. The van der Waals surface area contributed by atoms with Gasteiger partial charge in [-0.2, -0.15) is 0 Å². The predicted octanol–water partition coefficient (Wildman–Crippen LogP) is 1.78. The summed E-state index contributed by atoms with van der Waals surface area (Å²) in [5.74, 6) is 0.232. The predicted molar refractivity (Wildman–Crippen MR) is 55.1 cm³/mol. The van der Waals surface area contributed by atoms with Gasteiger partial charge in [0.15, 0.2) is 9.84 Å². The first-order valence-electron chi connectivity index (χ1n) is 3.83. The van der Waals surface area contributed by atoms with Crippen LogP contribution in [0, 0.1) is 0 Å². The second-order valence-electron chi connectivity index (χ2n) is 2.69. The van der Waals surface area contributed by atoms with E-state index in [1.807, 2.05) is 0 Å². The van der Waals surface area contributed by atoms with Gasteiger partial charge in [-0.15, -0.1) is 0 Å². The molecule has 1 rings (SSSR count). The molecule has 1 heterocycles. The molecule has 0 atom stereocenters. The van der Waals surface area contributed by atoms with E-state index in [1.165, 1.54) is 0 Å². The molecule has 72 valence electrons. The molecule has 1 aromatic rings. The van der Waals surface area contributed by atoms with E-state index in [4.69, 9.17) is 0 Å². The molecule has 3 nitrogen and oxygen atoms in total. The third-order valence-corrected chi connectivity index (χ3v) is 3.67. The SMILES string of the molecule is CCS(=O)(=O)Cc1cncc(Br)c1. The zero-order chi connectivity index (χ0) is 9.90. The second-order valence-corrected chi connectivity index (χ2v) is 5.96. The van der Waals surface area contributed by atoms with Crippen molar-refractivity contribution in [3.8, 4) is 0 Å². The molecule has 0 aromatic carbocycles. The molecule has 0 amide bonds. The summed E-state index contributed by atoms with van der Waals surface area (Å²) >= 11 is 3.23. The second kappa shape index (κ2) is 4.19. The van der Waals surface area contributed by atoms with Gasteiger partial charge in [-0.3, -0.25) is 4.98 Å². The highest BCUT2D eigenvalue weighted by atomic mass is 79.9. The Morgan fingerprint density at radius 1 is 1.46 bits per heavy atom. The van der Waals surface area contributed by atoms with Crippen LogP contribution >= 0.6 is 15.9 Å². The van der Waals surface area contributed by atoms with E-state index in [0.29, 0.717) is 0 Å². The van der Waals surface area contributed by atoms with Crippen molar-refractivity contribution in [1.29, 1.82) is 0 Å². The van der Waals surface area contributed by atoms with E-state index >= 15 is 0 Å². The highest BCUT2D eigenvalue weighted by molar-refractivity contribution is 9.10. The molecule has 0 aliphatic rings. The van der Waals surface area contributed by atoms with Gasteiger partial charge in [0.1, 0.15) is 0 Å². The number of aromatic nitrogens is 1. The van der Waals surface area contributed by atoms with Crippen molar-refractivity contribution in [2.75, 3.05) is 5.75 Å². The van der Waals surface area contributed by atoms with Crippen LogP contribution in [0.3, 0.4) is 0 Å². The minimum atomic E-state index is -2.95. The summed E-state index contributed by atoms with van der Waals surface area (Å²) in [5.41, 5.74) is 0.719. The van der Waals surface area contributed by atoms with E-state index in [2.05, 4.69) is 20.9 Å². The average molecular weight is 264 g/mol. The van der Waals surface area contributed by atoms with E-state index in [9.17, 15) is 8.42 Å². The first-order chi connectivity index (χ1) is 6.03. The molecule has 0 fully saturated rings. The Kier molecular flexibility index (Phi) is 3.44. The minimum absolute atomic E-state index is 0.0654. The highest BCUT2D eigenvalue weighted by Gasteiger charge is 2.08. The normalized spacial score (nSPS) is 11.5. The lowest BCUT2D eigenvalue weighted by atomic mass is 10.3. The van der Waals surface area contributed by atoms with Crippen LogP contribution in [0.2, 0.25) is 0 Å². The Hall–Kier alpha value is -0.420. The third kappa shape index (κ3) is 3.44. The topological polar surface area (TPSA) is 47.0 Å². The summed E-state index contributed by atoms with van der Waals surface area (Å²) in [5, 5.41) is 0. The molecule has 1 aromatic heterocycles. The number of hydrogen-bond donors (Lipinski definition) is 0. The minimum Gasteiger partial charge on any atom is -0.263 e. The van der Waals surface area contributed by atoms with Crippen molar-refractivity contribution in [1.82, 2.24) is 4.98 Å². The molecule has 0 bridgehead atoms. The Labute approximate surface area is 86.2 Å². The van der Waals surface area contributed by atoms with Gasteiger partial charge in [0.25, 0.3) is 0 Å². The summed E-state index contributed by atoms with van der Waals surface area (Å²) < 4.78 is 23.3. The molecule has 13 heavy (non-hydrogen) atoms. The molecule has 5 heteroatoms. The molecule has 0 radical (unpaired) electrons. The number of pyridine rings is 1. The molecule has 0 saturated carbocycles. The summed E-state index contributed by atoms with van der Waals surface area (Å²) in [7, 11) is -2.95. The Bertz CT molecular complexity index is 389. The average Bonchev–Trinajstić information content (AvgIpc) is 2.03. The fourth-order valence-electron chi connectivity index (χ4n) is 0.891. The lowest BCUT2D eigenvalue weighted by Gasteiger charge is -2.00. The number of nitrogens with zero attached hydrogens (tertiary/aromatic N) is 1. The fraction of sp³-hybridized carbons (Fsp3) is 0.375. The van der Waals surface area contributed by atoms with Gasteiger partial charge in [0.05, 0.1) is 5.75 Å². The van der Waals surface area contributed by atoms with E-state index in [-0.39, 0.29) is 11.5 Å². The van der Waals surface area contributed by atoms with Crippen LogP contribution < -0.4 is 0 Å². The monoisotopic (exact) mass is 263 g/mol. The maximum absolute atomic E-state index is 11.2. The Morgan fingerprint density at radius 3 is 2.69 bits per heavy atom. The fourth-order valence-corrected chi connectivity index (χ4v) is 2.17. The van der Waals surface area contributed by atoms with Crippen molar-refractivity contribution < 1.29 is 8.42 Å². The molecular formula is C8H10BrNO2S. The standard InChI is InChI=1S/C8H10BrNO2S/c1-2-13(11,12)6-7-3-8(9)5-10-4-7/h3-5H,2,6H2,1H3. The smallest absolute Gasteiger partial charge is 0.154 e. The molecule has 0 aliphatic heterocycles. The van der Waals surface area contributed by atoms with E-state index in [1.54, 1.807) is 25.4 Å². The van der Waals surface area contributed by atoms with Gasteiger partial charge >= 0.3 is 0 Å². The van der Waals surface area contributed by atoms with Crippen LogP contribution in [0.4, 0.5) is 0 Å². The van der Waals surface area contributed by atoms with Gasteiger partial charge in [-0.25, -0.2) is 8.42 Å². The first kappa shape index (κ1) is 10.7. The molecular weight excluding hydrogens is 254 g/mol. The van der Waals surface area contributed by atoms with Crippen molar-refractivity contribution in [3.63, 3.8) is 0 Å². The van der Waals surface area contributed by atoms with Gasteiger partial charge in [0, 0.05) is 22.6 Å². The molecule has 0 saturated heterocycles. The molecule has 0 N–H and O–H groups in total. The summed E-state index contributed by atoms with van der Waals surface area (Å²) in [6, 6.07) is 1.76. The van der Waals surface area contributed by atoms with Crippen LogP contribution in [0.5, 0.6) is 0 Å². The van der Waals surface area contributed by atoms with Crippen LogP contribution in [0.1, 0.15) is 12.5 Å². The van der Waals surface area contributed by atoms with Gasteiger partial charge < -0.3 is 0 Å². The summed E-state index contributed by atoms with van der Waals surface area (Å²) in [6.07, 6.45) is 3.19. The number of hydrogen-bond acceptors (Lipinski definition) is 3. The van der Waals surface area contributed by atoms with Gasteiger partial charge in [-0.1, -0.05) is 6.92 Å². The number of sulfone groups is 1. The van der Waals surface area contributed by atoms with Gasteiger partial charge in [0.2, 0.25) is 0 Å². The number of halogens is 1. The van der Waals surface area contributed by atoms with Crippen LogP contribution in [-0.4, -0.2) is 19.2 Å². The maximum atomic E-state index is 11.2. The van der Waals surface area contributed by atoms with Crippen molar-refractivity contribution in [2.24, 2.45) is 0 Å². The Balaban J connectivity index is 2.87. The van der Waals surface area contributed by atoms with Gasteiger partial charge in [-0.05, 0) is 27.6 Å². The van der Waals surface area contributed by atoms with Crippen molar-refractivity contribution in [3.05, 3.63) is 28.5 Å². The van der Waals surface area contributed by atoms with E-state index < -0.39 is 9.84 Å².